The van der Waals surface area contributed by atoms with E-state index in [1.165, 1.54) is 0 Å². The van der Waals surface area contributed by atoms with E-state index in [1.54, 1.807) is 42.6 Å². The number of rotatable bonds is 5. The van der Waals surface area contributed by atoms with Gasteiger partial charge < -0.3 is 8.98 Å². The van der Waals surface area contributed by atoms with Gasteiger partial charge in [0.15, 0.2) is 17.4 Å². The van der Waals surface area contributed by atoms with Gasteiger partial charge >= 0.3 is 0 Å². The normalized spacial score (nSPS) is 11.1. The molecule has 0 atom stereocenters. The van der Waals surface area contributed by atoms with Gasteiger partial charge in [0.1, 0.15) is 5.82 Å². The summed E-state index contributed by atoms with van der Waals surface area (Å²) >= 11 is 0. The average Bonchev–Trinajstić information content (AvgIpc) is 3.26. The van der Waals surface area contributed by atoms with Gasteiger partial charge in [-0.2, -0.15) is 0 Å². The molecule has 1 aromatic carbocycles. The minimum absolute atomic E-state index is 0.0272. The maximum atomic E-state index is 12.2. The molecule has 3 aromatic heterocycles. The van der Waals surface area contributed by atoms with Crippen molar-refractivity contribution in [1.82, 2.24) is 24.5 Å². The predicted molar refractivity (Wildman–Crippen MR) is 90.7 cm³/mol. The number of aryl methyl sites for hydroxylation is 1. The van der Waals surface area contributed by atoms with Gasteiger partial charge in [-0.3, -0.25) is 4.79 Å². The lowest BCUT2D eigenvalue weighted by Crippen LogP contribution is -2.13. The van der Waals surface area contributed by atoms with Crippen LogP contribution < -0.4 is 0 Å². The van der Waals surface area contributed by atoms with Crippen molar-refractivity contribution in [3.63, 3.8) is 0 Å². The molecule has 4 aromatic rings. The smallest absolute Gasteiger partial charge is 0.191 e. The molecule has 0 aliphatic rings. The molecule has 25 heavy (non-hydrogen) atoms. The first kappa shape index (κ1) is 15.2. The Labute approximate surface area is 143 Å². The van der Waals surface area contributed by atoms with E-state index in [2.05, 4.69) is 19.9 Å². The van der Waals surface area contributed by atoms with Crippen LogP contribution in [0.4, 0.5) is 0 Å². The van der Waals surface area contributed by atoms with Crippen molar-refractivity contribution in [3.05, 3.63) is 61.0 Å². The molecule has 7 heteroatoms. The second-order valence-corrected chi connectivity index (χ2v) is 5.75. The van der Waals surface area contributed by atoms with E-state index >= 15 is 0 Å². The highest BCUT2D eigenvalue weighted by atomic mass is 16.4. The molecule has 0 fully saturated rings. The number of Topliss-reactive ketones (excluding diaryl/α,β-unsaturated/α-hetero) is 1. The summed E-state index contributed by atoms with van der Waals surface area (Å²) in [5.41, 5.74) is 1.66. The maximum Gasteiger partial charge on any atom is 0.191 e. The van der Waals surface area contributed by atoms with Crippen LogP contribution in [0.1, 0.15) is 11.7 Å². The highest BCUT2D eigenvalue weighted by molar-refractivity contribution is 5.84. The molecule has 7 nitrogen and oxygen atoms in total. The number of fused-ring (bicyclic) bond motifs is 1. The summed E-state index contributed by atoms with van der Waals surface area (Å²) < 4.78 is 7.28. The van der Waals surface area contributed by atoms with Gasteiger partial charge in [0.05, 0.1) is 31.0 Å². The Hall–Kier alpha value is -3.35. The predicted octanol–water partition coefficient (Wildman–Crippen LogP) is 2.60. The molecule has 0 amide bonds. The van der Waals surface area contributed by atoms with Gasteiger partial charge in [0, 0.05) is 36.5 Å². The number of hydrogen-bond donors (Lipinski definition) is 0. The van der Waals surface area contributed by atoms with Crippen LogP contribution in [0.2, 0.25) is 0 Å². The monoisotopic (exact) mass is 333 g/mol. The second-order valence-electron chi connectivity index (χ2n) is 5.75. The fourth-order valence-electron chi connectivity index (χ4n) is 2.61. The van der Waals surface area contributed by atoms with Gasteiger partial charge in [-0.25, -0.2) is 19.9 Å². The van der Waals surface area contributed by atoms with Crippen LogP contribution in [-0.4, -0.2) is 30.3 Å². The van der Waals surface area contributed by atoms with E-state index < -0.39 is 0 Å². The van der Waals surface area contributed by atoms with Crippen LogP contribution in [0.3, 0.4) is 0 Å². The lowest BCUT2D eigenvalue weighted by Gasteiger charge is -2.04. The fourth-order valence-corrected chi connectivity index (χ4v) is 2.61. The molecular formula is C18H15N5O2. The highest BCUT2D eigenvalue weighted by Crippen LogP contribution is 2.24. The number of oxazole rings is 1. The Morgan fingerprint density at radius 3 is 2.92 bits per heavy atom. The molecule has 0 aliphatic heterocycles. The number of carbonyl (C=O) groups excluding carboxylic acids is 1. The van der Waals surface area contributed by atoms with Crippen LogP contribution in [0.25, 0.3) is 22.2 Å². The lowest BCUT2D eigenvalue weighted by molar-refractivity contribution is -0.119. The number of ketones is 1. The Morgan fingerprint density at radius 2 is 2.16 bits per heavy atom. The molecule has 0 aliphatic carbocycles. The van der Waals surface area contributed by atoms with Crippen LogP contribution in [-0.2, 0) is 17.8 Å². The Kier molecular flexibility index (Phi) is 3.81. The Bertz CT molecular complexity index is 1040. The van der Waals surface area contributed by atoms with Gasteiger partial charge in [0.25, 0.3) is 0 Å². The molecule has 0 unspecified atom stereocenters. The fraction of sp³-hybridized carbons (Fsp3) is 0.167. The van der Waals surface area contributed by atoms with Crippen molar-refractivity contribution in [2.75, 3.05) is 0 Å². The van der Waals surface area contributed by atoms with E-state index in [0.717, 1.165) is 16.5 Å². The first-order valence-electron chi connectivity index (χ1n) is 7.83. The summed E-state index contributed by atoms with van der Waals surface area (Å²) in [6.07, 6.45) is 8.62. The molecule has 0 bridgehead atoms. The number of nitrogens with zero attached hydrogens (tertiary/aromatic N) is 5. The van der Waals surface area contributed by atoms with E-state index in [-0.39, 0.29) is 18.7 Å². The SMILES string of the molecule is Cc1ncc(-c2ccc3cnc(CC(=O)Cn4ccnc4)nc3c2)o1. The van der Waals surface area contributed by atoms with Crippen molar-refractivity contribution in [3.8, 4) is 11.3 Å². The standard InChI is InChI=1S/C18H15N5O2/c1-12-20-9-17(25-12)13-2-3-14-8-21-18(22-16(14)6-13)7-15(24)10-23-5-4-19-11-23/h2-6,8-9,11H,7,10H2,1H3. The first-order chi connectivity index (χ1) is 12.2. The number of hydrogen-bond acceptors (Lipinski definition) is 6. The molecule has 0 N–H and O–H groups in total. The summed E-state index contributed by atoms with van der Waals surface area (Å²) in [4.78, 5) is 29.0. The quantitative estimate of drug-likeness (QED) is 0.558. The minimum Gasteiger partial charge on any atom is -0.441 e. The lowest BCUT2D eigenvalue weighted by atomic mass is 10.1. The molecule has 0 spiro atoms. The number of benzene rings is 1. The zero-order valence-electron chi connectivity index (χ0n) is 13.6. The summed E-state index contributed by atoms with van der Waals surface area (Å²) in [6, 6.07) is 5.79. The largest absolute Gasteiger partial charge is 0.441 e. The second kappa shape index (κ2) is 6.27. The third kappa shape index (κ3) is 3.30. The third-order valence-corrected chi connectivity index (χ3v) is 3.81. The molecule has 0 saturated heterocycles. The van der Waals surface area contributed by atoms with Crippen LogP contribution in [0.15, 0.2) is 53.7 Å². The summed E-state index contributed by atoms with van der Waals surface area (Å²) in [5.74, 6) is 1.84. The van der Waals surface area contributed by atoms with Crippen LogP contribution in [0, 0.1) is 6.92 Å². The van der Waals surface area contributed by atoms with E-state index in [0.29, 0.717) is 17.5 Å². The van der Waals surface area contributed by atoms with Crippen molar-refractivity contribution >= 4 is 16.7 Å². The van der Waals surface area contributed by atoms with E-state index in [1.807, 2.05) is 18.2 Å². The van der Waals surface area contributed by atoms with E-state index in [9.17, 15) is 4.79 Å². The topological polar surface area (TPSA) is 86.7 Å². The van der Waals surface area contributed by atoms with Crippen LogP contribution in [0.5, 0.6) is 0 Å². The highest BCUT2D eigenvalue weighted by Gasteiger charge is 2.10. The third-order valence-electron chi connectivity index (χ3n) is 3.81. The zero-order valence-corrected chi connectivity index (χ0v) is 13.6. The molecule has 124 valence electrons. The van der Waals surface area contributed by atoms with Gasteiger partial charge in [-0.15, -0.1) is 0 Å². The Morgan fingerprint density at radius 1 is 1.24 bits per heavy atom. The van der Waals surface area contributed by atoms with Crippen molar-refractivity contribution < 1.29 is 9.21 Å². The van der Waals surface area contributed by atoms with Gasteiger partial charge in [-0.05, 0) is 6.07 Å². The van der Waals surface area contributed by atoms with Crippen LogP contribution >= 0.6 is 0 Å². The van der Waals surface area contributed by atoms with Gasteiger partial charge in [-0.1, -0.05) is 12.1 Å². The summed E-state index contributed by atoms with van der Waals surface area (Å²) in [7, 11) is 0. The molecular weight excluding hydrogens is 318 g/mol. The Balaban J connectivity index is 1.59. The zero-order chi connectivity index (χ0) is 17.2. The number of aromatic nitrogens is 5. The molecule has 3 heterocycles. The molecule has 4 rings (SSSR count). The van der Waals surface area contributed by atoms with E-state index in [4.69, 9.17) is 4.42 Å². The van der Waals surface area contributed by atoms with Crippen molar-refractivity contribution in [1.29, 1.82) is 0 Å². The van der Waals surface area contributed by atoms with Gasteiger partial charge in [0.2, 0.25) is 0 Å². The number of imidazole rings is 1. The average molecular weight is 333 g/mol. The summed E-state index contributed by atoms with van der Waals surface area (Å²) in [6.45, 7) is 2.06. The maximum absolute atomic E-state index is 12.2. The molecule has 0 radical (unpaired) electrons. The summed E-state index contributed by atoms with van der Waals surface area (Å²) in [5, 5.41) is 0.908. The minimum atomic E-state index is 0.0272. The first-order valence-corrected chi connectivity index (χ1v) is 7.83. The van der Waals surface area contributed by atoms with Crippen molar-refractivity contribution in [2.45, 2.75) is 19.9 Å². The molecule has 0 saturated carbocycles. The van der Waals surface area contributed by atoms with Crippen molar-refractivity contribution in [2.24, 2.45) is 0 Å². The number of carbonyl (C=O) groups is 1.